The van der Waals surface area contributed by atoms with Gasteiger partial charge >= 0.3 is 0 Å². The van der Waals surface area contributed by atoms with Crippen molar-refractivity contribution < 1.29 is 0 Å². The van der Waals surface area contributed by atoms with Crippen LogP contribution in [0.25, 0.3) is 0 Å². The van der Waals surface area contributed by atoms with Crippen molar-refractivity contribution in [1.29, 1.82) is 0 Å². The summed E-state index contributed by atoms with van der Waals surface area (Å²) in [6.45, 7) is 6.46. The second-order valence-corrected chi connectivity index (χ2v) is 3.98. The van der Waals surface area contributed by atoms with E-state index in [-0.39, 0.29) is 0 Å². The van der Waals surface area contributed by atoms with E-state index in [0.29, 0.717) is 0 Å². The maximum Gasteiger partial charge on any atom is 0.115 e. The lowest BCUT2D eigenvalue weighted by molar-refractivity contribution is 0.307. The highest BCUT2D eigenvalue weighted by Gasteiger charge is 2.12. The summed E-state index contributed by atoms with van der Waals surface area (Å²) in [5, 5.41) is 0. The van der Waals surface area contributed by atoms with Crippen LogP contribution >= 0.6 is 0 Å². The molecular formula is C12H21N3. The molecule has 0 saturated heterocycles. The van der Waals surface area contributed by atoms with Crippen LogP contribution in [-0.4, -0.2) is 28.5 Å². The van der Waals surface area contributed by atoms with Gasteiger partial charge in [0.15, 0.2) is 0 Å². The predicted molar refractivity (Wildman–Crippen MR) is 62.7 cm³/mol. The van der Waals surface area contributed by atoms with Crippen molar-refractivity contribution in [3.05, 3.63) is 23.8 Å². The van der Waals surface area contributed by atoms with Gasteiger partial charge in [0.25, 0.3) is 0 Å². The standard InChI is InChI=1S/C8H11N3.C4H10/c1-11-3-2-7-4-9-6-10-8(7)5-11;1-3-4-2/h4,6H,2-3,5H2,1H3;3-4H2,1-2H3. The molecule has 0 amide bonds. The molecule has 0 radical (unpaired) electrons. The molecule has 15 heavy (non-hydrogen) atoms. The zero-order valence-electron chi connectivity index (χ0n) is 10.0. The smallest absolute Gasteiger partial charge is 0.115 e. The van der Waals surface area contributed by atoms with Crippen LogP contribution in [0.2, 0.25) is 0 Å². The van der Waals surface area contributed by atoms with Gasteiger partial charge in [-0.1, -0.05) is 26.7 Å². The number of hydrogen-bond donors (Lipinski definition) is 0. The first kappa shape index (κ1) is 12.1. The molecule has 0 aromatic carbocycles. The van der Waals surface area contributed by atoms with Crippen LogP contribution in [0.4, 0.5) is 0 Å². The van der Waals surface area contributed by atoms with E-state index in [9.17, 15) is 0 Å². The number of hydrogen-bond acceptors (Lipinski definition) is 3. The molecule has 1 aromatic rings. The third-order valence-electron chi connectivity index (χ3n) is 2.56. The van der Waals surface area contributed by atoms with Crippen LogP contribution in [0.5, 0.6) is 0 Å². The lowest BCUT2D eigenvalue weighted by Crippen LogP contribution is -2.27. The Labute approximate surface area is 92.6 Å². The van der Waals surface area contributed by atoms with Gasteiger partial charge in [0.05, 0.1) is 5.69 Å². The molecule has 0 saturated carbocycles. The summed E-state index contributed by atoms with van der Waals surface area (Å²) < 4.78 is 0. The van der Waals surface area contributed by atoms with Crippen LogP contribution in [-0.2, 0) is 13.0 Å². The van der Waals surface area contributed by atoms with E-state index in [0.717, 1.165) is 19.5 Å². The fraction of sp³-hybridized carbons (Fsp3) is 0.667. The first-order valence-electron chi connectivity index (χ1n) is 5.74. The van der Waals surface area contributed by atoms with Gasteiger partial charge < -0.3 is 4.90 Å². The summed E-state index contributed by atoms with van der Waals surface area (Å²) in [7, 11) is 2.12. The Bertz CT molecular complexity index is 284. The van der Waals surface area contributed by atoms with Gasteiger partial charge in [0, 0.05) is 19.3 Å². The molecule has 1 aliphatic heterocycles. The van der Waals surface area contributed by atoms with E-state index >= 15 is 0 Å². The maximum absolute atomic E-state index is 4.22. The molecule has 3 heteroatoms. The fourth-order valence-corrected chi connectivity index (χ4v) is 1.38. The minimum Gasteiger partial charge on any atom is -0.300 e. The van der Waals surface area contributed by atoms with E-state index in [1.807, 2.05) is 6.20 Å². The molecule has 0 N–H and O–H groups in total. The van der Waals surface area contributed by atoms with Crippen LogP contribution in [0.1, 0.15) is 37.9 Å². The molecule has 0 aliphatic carbocycles. The van der Waals surface area contributed by atoms with E-state index in [1.54, 1.807) is 6.33 Å². The van der Waals surface area contributed by atoms with Gasteiger partial charge in [-0.3, -0.25) is 0 Å². The van der Waals surface area contributed by atoms with Gasteiger partial charge in [0.2, 0.25) is 0 Å². The van der Waals surface area contributed by atoms with Crippen LogP contribution in [0, 0.1) is 0 Å². The summed E-state index contributed by atoms with van der Waals surface area (Å²) in [6.07, 6.45) is 7.28. The normalized spacial score (nSPS) is 15.1. The van der Waals surface area contributed by atoms with Crippen molar-refractivity contribution in [2.24, 2.45) is 0 Å². The molecule has 1 aromatic heterocycles. The Morgan fingerprint density at radius 1 is 1.33 bits per heavy atom. The molecule has 3 nitrogen and oxygen atoms in total. The van der Waals surface area contributed by atoms with Gasteiger partial charge in [-0.15, -0.1) is 0 Å². The molecule has 0 fully saturated rings. The number of aromatic nitrogens is 2. The van der Waals surface area contributed by atoms with Crippen molar-refractivity contribution in [3.8, 4) is 0 Å². The lowest BCUT2D eigenvalue weighted by atomic mass is 10.1. The third kappa shape index (κ3) is 3.96. The monoisotopic (exact) mass is 207 g/mol. The summed E-state index contributed by atoms with van der Waals surface area (Å²) in [6, 6.07) is 0. The summed E-state index contributed by atoms with van der Waals surface area (Å²) in [5.41, 5.74) is 2.50. The van der Waals surface area contributed by atoms with Crippen molar-refractivity contribution in [3.63, 3.8) is 0 Å². The second-order valence-electron chi connectivity index (χ2n) is 3.98. The molecule has 2 heterocycles. The fourth-order valence-electron chi connectivity index (χ4n) is 1.38. The highest BCUT2D eigenvalue weighted by molar-refractivity contribution is 5.18. The second kappa shape index (κ2) is 6.51. The number of rotatable bonds is 1. The van der Waals surface area contributed by atoms with Crippen LogP contribution in [0.15, 0.2) is 12.5 Å². The summed E-state index contributed by atoms with van der Waals surface area (Å²) in [5.74, 6) is 0. The largest absolute Gasteiger partial charge is 0.300 e. The molecule has 1 aliphatic rings. The Morgan fingerprint density at radius 3 is 2.73 bits per heavy atom. The van der Waals surface area contributed by atoms with Crippen LogP contribution in [0.3, 0.4) is 0 Å². The summed E-state index contributed by atoms with van der Waals surface area (Å²) >= 11 is 0. The molecule has 2 rings (SSSR count). The average molecular weight is 207 g/mol. The number of nitrogens with zero attached hydrogens (tertiary/aromatic N) is 3. The molecule has 84 valence electrons. The average Bonchev–Trinajstić information content (AvgIpc) is 2.29. The van der Waals surface area contributed by atoms with E-state index in [4.69, 9.17) is 0 Å². The number of likely N-dealkylation sites (N-methyl/N-ethyl adjacent to an activating group) is 1. The van der Waals surface area contributed by atoms with Gasteiger partial charge in [-0.05, 0) is 19.0 Å². The predicted octanol–water partition coefficient (Wildman–Crippen LogP) is 2.27. The van der Waals surface area contributed by atoms with Crippen molar-refractivity contribution >= 4 is 0 Å². The molecular weight excluding hydrogens is 186 g/mol. The third-order valence-corrected chi connectivity index (χ3v) is 2.56. The lowest BCUT2D eigenvalue weighted by Gasteiger charge is -2.22. The van der Waals surface area contributed by atoms with Gasteiger partial charge in [-0.2, -0.15) is 0 Å². The van der Waals surface area contributed by atoms with Crippen molar-refractivity contribution in [2.75, 3.05) is 13.6 Å². The quantitative estimate of drug-likeness (QED) is 0.707. The minimum absolute atomic E-state index is 0.970. The molecule has 0 atom stereocenters. The van der Waals surface area contributed by atoms with Crippen LogP contribution < -0.4 is 0 Å². The zero-order valence-corrected chi connectivity index (χ0v) is 10.0. The number of unbranched alkanes of at least 4 members (excludes halogenated alkanes) is 1. The minimum atomic E-state index is 0.970. The van der Waals surface area contributed by atoms with Gasteiger partial charge in [-0.25, -0.2) is 9.97 Å². The maximum atomic E-state index is 4.22. The Balaban J connectivity index is 0.000000245. The van der Waals surface area contributed by atoms with E-state index in [1.165, 1.54) is 24.1 Å². The first-order valence-corrected chi connectivity index (χ1v) is 5.74. The SMILES string of the molecule is CCCC.CN1CCc2cncnc2C1. The Morgan fingerprint density at radius 2 is 2.07 bits per heavy atom. The molecule has 0 bridgehead atoms. The highest BCUT2D eigenvalue weighted by Crippen LogP contribution is 2.12. The van der Waals surface area contributed by atoms with E-state index in [2.05, 4.69) is 35.8 Å². The summed E-state index contributed by atoms with van der Waals surface area (Å²) in [4.78, 5) is 10.5. The first-order chi connectivity index (χ1) is 7.27. The van der Waals surface area contributed by atoms with Gasteiger partial charge in [0.1, 0.15) is 6.33 Å². The van der Waals surface area contributed by atoms with Crippen molar-refractivity contribution in [2.45, 2.75) is 39.7 Å². The zero-order chi connectivity index (χ0) is 11.1. The topological polar surface area (TPSA) is 29.0 Å². The van der Waals surface area contributed by atoms with Crippen molar-refractivity contribution in [1.82, 2.24) is 14.9 Å². The molecule has 0 spiro atoms. The highest BCUT2D eigenvalue weighted by atomic mass is 15.1. The Kier molecular flexibility index (Phi) is 5.26. The molecule has 0 unspecified atom stereocenters. The Hall–Kier alpha value is -0.960. The number of fused-ring (bicyclic) bond motifs is 1. The van der Waals surface area contributed by atoms with E-state index < -0.39 is 0 Å².